The van der Waals surface area contributed by atoms with E-state index in [1.54, 1.807) is 7.11 Å². The molecule has 0 saturated heterocycles. The van der Waals surface area contributed by atoms with Crippen LogP contribution in [0.25, 0.3) is 0 Å². The first-order valence-corrected chi connectivity index (χ1v) is 7.42. The summed E-state index contributed by atoms with van der Waals surface area (Å²) in [5.74, 6) is 0. The number of hydrogen-bond acceptors (Lipinski definition) is 4. The van der Waals surface area contributed by atoms with Gasteiger partial charge in [-0.05, 0) is 25.6 Å². The van der Waals surface area contributed by atoms with Crippen molar-refractivity contribution >= 4 is 11.3 Å². The highest BCUT2D eigenvalue weighted by Crippen LogP contribution is 2.18. The fraction of sp³-hybridized carbons (Fsp3) is 0.714. The van der Waals surface area contributed by atoms with Gasteiger partial charge in [0.25, 0.3) is 0 Å². The van der Waals surface area contributed by atoms with Crippen molar-refractivity contribution < 1.29 is 4.74 Å². The molecule has 4 heteroatoms. The highest BCUT2D eigenvalue weighted by Gasteiger charge is 2.04. The van der Waals surface area contributed by atoms with Crippen molar-refractivity contribution in [2.24, 2.45) is 0 Å². The van der Waals surface area contributed by atoms with Gasteiger partial charge in [-0.3, -0.25) is 0 Å². The summed E-state index contributed by atoms with van der Waals surface area (Å²) in [4.78, 5) is 5.21. The molecule has 1 N–H and O–H groups in total. The molecule has 0 radical (unpaired) electrons. The minimum atomic E-state index is 0.548. The topological polar surface area (TPSA) is 24.5 Å². The molecule has 1 aromatic rings. The summed E-state index contributed by atoms with van der Waals surface area (Å²) in [5.41, 5.74) is 0. The molecule has 0 fully saturated rings. The Hall–Kier alpha value is -0.420. The van der Waals surface area contributed by atoms with Crippen LogP contribution in [0.2, 0.25) is 0 Å². The number of thiophene rings is 1. The molecule has 3 nitrogen and oxygen atoms in total. The van der Waals surface area contributed by atoms with E-state index in [0.717, 1.165) is 32.7 Å². The lowest BCUT2D eigenvalue weighted by Gasteiger charge is -2.14. The van der Waals surface area contributed by atoms with Gasteiger partial charge in [0.15, 0.2) is 0 Å². The number of hydrogen-bond donors (Lipinski definition) is 1. The fourth-order valence-corrected chi connectivity index (χ4v) is 2.78. The third kappa shape index (κ3) is 6.50. The Morgan fingerprint density at radius 3 is 2.72 bits per heavy atom. The fourth-order valence-electron chi connectivity index (χ4n) is 1.73. The lowest BCUT2D eigenvalue weighted by Crippen LogP contribution is -2.21. The maximum atomic E-state index is 5.07. The summed E-state index contributed by atoms with van der Waals surface area (Å²) < 4.78 is 5.07. The Labute approximate surface area is 115 Å². The first-order chi connectivity index (χ1) is 8.61. The van der Waals surface area contributed by atoms with Crippen LogP contribution in [-0.4, -0.2) is 38.3 Å². The molecular formula is C14H26N2OS. The van der Waals surface area contributed by atoms with Crippen molar-refractivity contribution in [3.63, 3.8) is 0 Å². The molecule has 0 aliphatic heterocycles. The summed E-state index contributed by atoms with van der Waals surface area (Å²) in [6.07, 6.45) is 1.10. The van der Waals surface area contributed by atoms with Gasteiger partial charge < -0.3 is 15.0 Å². The van der Waals surface area contributed by atoms with Crippen molar-refractivity contribution in [1.29, 1.82) is 0 Å². The van der Waals surface area contributed by atoms with Gasteiger partial charge in [0.2, 0.25) is 0 Å². The van der Waals surface area contributed by atoms with Crippen LogP contribution >= 0.6 is 11.3 Å². The molecule has 0 amide bonds. The van der Waals surface area contributed by atoms with E-state index in [1.807, 2.05) is 11.3 Å². The highest BCUT2D eigenvalue weighted by atomic mass is 32.1. The number of nitrogens with zero attached hydrogens (tertiary/aromatic N) is 1. The first kappa shape index (κ1) is 15.6. The average Bonchev–Trinajstić information content (AvgIpc) is 2.74. The van der Waals surface area contributed by atoms with Crippen LogP contribution in [0, 0.1) is 0 Å². The van der Waals surface area contributed by atoms with Gasteiger partial charge in [-0.25, -0.2) is 0 Å². The maximum absolute atomic E-state index is 5.07. The molecule has 1 aromatic heterocycles. The quantitative estimate of drug-likeness (QED) is 0.698. The van der Waals surface area contributed by atoms with E-state index in [0.29, 0.717) is 6.04 Å². The normalized spacial score (nSPS) is 11.7. The van der Waals surface area contributed by atoms with Crippen LogP contribution in [0.5, 0.6) is 0 Å². The van der Waals surface area contributed by atoms with Crippen molar-refractivity contribution in [2.75, 3.05) is 27.3 Å². The van der Waals surface area contributed by atoms with Crippen LogP contribution in [0.1, 0.15) is 30.0 Å². The molecule has 0 unspecified atom stereocenters. The molecule has 0 aliphatic rings. The monoisotopic (exact) mass is 270 g/mol. The Bertz CT molecular complexity index is 325. The third-order valence-electron chi connectivity index (χ3n) is 2.72. The summed E-state index contributed by atoms with van der Waals surface area (Å²) in [7, 11) is 3.93. The molecule has 0 saturated carbocycles. The molecule has 1 heterocycles. The Morgan fingerprint density at radius 1 is 1.33 bits per heavy atom. The largest absolute Gasteiger partial charge is 0.385 e. The van der Waals surface area contributed by atoms with Crippen molar-refractivity contribution in [3.8, 4) is 0 Å². The standard InChI is InChI=1S/C14H26N2OS/c1-12(2)15-10-13-6-7-14(18-13)11-16(3)8-5-9-17-4/h6-7,12,15H,5,8-11H2,1-4H3. The van der Waals surface area contributed by atoms with Gasteiger partial charge in [0.1, 0.15) is 0 Å². The summed E-state index contributed by atoms with van der Waals surface area (Å²) in [6.45, 7) is 8.31. The Morgan fingerprint density at radius 2 is 2.06 bits per heavy atom. The van der Waals surface area contributed by atoms with Crippen LogP contribution in [0.4, 0.5) is 0 Å². The van der Waals surface area contributed by atoms with Gasteiger partial charge >= 0.3 is 0 Å². The molecule has 0 bridgehead atoms. The Kier molecular flexibility index (Phi) is 7.51. The zero-order valence-electron chi connectivity index (χ0n) is 12.0. The number of ether oxygens (including phenoxy) is 1. The lowest BCUT2D eigenvalue weighted by atomic mass is 10.3. The summed E-state index contributed by atoms with van der Waals surface area (Å²) in [5, 5.41) is 3.45. The van der Waals surface area contributed by atoms with Gasteiger partial charge in [0.05, 0.1) is 0 Å². The van der Waals surface area contributed by atoms with Crippen LogP contribution in [0.3, 0.4) is 0 Å². The smallest absolute Gasteiger partial charge is 0.0474 e. The van der Waals surface area contributed by atoms with E-state index in [-0.39, 0.29) is 0 Å². The summed E-state index contributed by atoms with van der Waals surface area (Å²) >= 11 is 1.91. The molecule has 0 aliphatic carbocycles. The minimum absolute atomic E-state index is 0.548. The number of rotatable bonds is 9. The van der Waals surface area contributed by atoms with E-state index in [4.69, 9.17) is 4.74 Å². The van der Waals surface area contributed by atoms with Crippen molar-refractivity contribution in [1.82, 2.24) is 10.2 Å². The number of methoxy groups -OCH3 is 1. The van der Waals surface area contributed by atoms with Gasteiger partial charge in [-0.1, -0.05) is 13.8 Å². The van der Waals surface area contributed by atoms with Crippen molar-refractivity contribution in [3.05, 3.63) is 21.9 Å². The van der Waals surface area contributed by atoms with Crippen LogP contribution in [0.15, 0.2) is 12.1 Å². The van der Waals surface area contributed by atoms with E-state index in [2.05, 4.69) is 43.2 Å². The van der Waals surface area contributed by atoms with Gasteiger partial charge in [-0.2, -0.15) is 0 Å². The van der Waals surface area contributed by atoms with E-state index < -0.39 is 0 Å². The molecule has 0 spiro atoms. The highest BCUT2D eigenvalue weighted by molar-refractivity contribution is 7.11. The lowest BCUT2D eigenvalue weighted by molar-refractivity contribution is 0.178. The second-order valence-electron chi connectivity index (χ2n) is 4.99. The third-order valence-corrected chi connectivity index (χ3v) is 3.79. The first-order valence-electron chi connectivity index (χ1n) is 6.60. The van der Waals surface area contributed by atoms with Gasteiger partial charge in [-0.15, -0.1) is 11.3 Å². The molecule has 0 aromatic carbocycles. The van der Waals surface area contributed by atoms with Gasteiger partial charge in [0, 0.05) is 49.1 Å². The predicted molar refractivity (Wildman–Crippen MR) is 79.1 cm³/mol. The van der Waals surface area contributed by atoms with E-state index >= 15 is 0 Å². The Balaban J connectivity index is 2.29. The zero-order valence-corrected chi connectivity index (χ0v) is 12.8. The molecule has 0 atom stereocenters. The molecule has 1 rings (SSSR count). The predicted octanol–water partition coefficient (Wildman–Crippen LogP) is 2.71. The second-order valence-corrected chi connectivity index (χ2v) is 6.24. The van der Waals surface area contributed by atoms with Crippen molar-refractivity contribution in [2.45, 2.75) is 39.4 Å². The molecule has 104 valence electrons. The van der Waals surface area contributed by atoms with E-state index in [9.17, 15) is 0 Å². The summed E-state index contributed by atoms with van der Waals surface area (Å²) in [6, 6.07) is 5.03. The SMILES string of the molecule is COCCCN(C)Cc1ccc(CNC(C)C)s1. The average molecular weight is 270 g/mol. The minimum Gasteiger partial charge on any atom is -0.385 e. The second kappa shape index (κ2) is 8.64. The van der Waals surface area contributed by atoms with E-state index in [1.165, 1.54) is 9.75 Å². The number of nitrogens with one attached hydrogen (secondary N) is 1. The molecular weight excluding hydrogens is 244 g/mol. The molecule has 18 heavy (non-hydrogen) atoms. The van der Waals surface area contributed by atoms with Crippen LogP contribution < -0.4 is 5.32 Å². The maximum Gasteiger partial charge on any atom is 0.0474 e. The van der Waals surface area contributed by atoms with Crippen LogP contribution in [-0.2, 0) is 17.8 Å². The zero-order chi connectivity index (χ0) is 13.4.